The molecule has 1 atom stereocenters. The first-order valence-electron chi connectivity index (χ1n) is 7.51. The Morgan fingerprint density at radius 1 is 1.48 bits per heavy atom. The molecule has 0 spiro atoms. The average molecular weight is 318 g/mol. The maximum absolute atomic E-state index is 11.9. The van der Waals surface area contributed by atoms with Gasteiger partial charge in [-0.25, -0.2) is 10.2 Å². The SMILES string of the molecule is CCC(O)/C=C\c1cccc2nnn(NC(=O)OC(C)(C)C)c12. The van der Waals surface area contributed by atoms with Gasteiger partial charge in [0.05, 0.1) is 6.10 Å². The van der Waals surface area contributed by atoms with Crippen LogP contribution in [0, 0.1) is 0 Å². The van der Waals surface area contributed by atoms with E-state index in [1.54, 1.807) is 39.0 Å². The predicted molar refractivity (Wildman–Crippen MR) is 88.5 cm³/mol. The fraction of sp³-hybridized carbons (Fsp3) is 0.438. The normalized spacial score (nSPS) is 13.4. The number of aromatic nitrogens is 3. The number of carbonyl (C=O) groups is 1. The van der Waals surface area contributed by atoms with Crippen LogP contribution in [0.25, 0.3) is 17.1 Å². The first kappa shape index (κ1) is 17.0. The van der Waals surface area contributed by atoms with Crippen LogP contribution >= 0.6 is 0 Å². The van der Waals surface area contributed by atoms with Crippen LogP contribution in [0.15, 0.2) is 24.3 Å². The van der Waals surface area contributed by atoms with Crippen molar-refractivity contribution in [2.75, 3.05) is 5.43 Å². The van der Waals surface area contributed by atoms with Gasteiger partial charge < -0.3 is 9.84 Å². The maximum Gasteiger partial charge on any atom is 0.428 e. The smallest absolute Gasteiger partial charge is 0.428 e. The molecule has 0 aliphatic carbocycles. The number of para-hydroxylation sites is 1. The Bertz CT molecular complexity index is 716. The van der Waals surface area contributed by atoms with Crippen molar-refractivity contribution in [2.24, 2.45) is 0 Å². The second-order valence-electron chi connectivity index (χ2n) is 6.16. The summed E-state index contributed by atoms with van der Waals surface area (Å²) in [6.07, 6.45) is 2.97. The predicted octanol–water partition coefficient (Wildman–Crippen LogP) is 2.69. The number of amides is 1. The number of nitrogens with zero attached hydrogens (tertiary/aromatic N) is 3. The summed E-state index contributed by atoms with van der Waals surface area (Å²) in [6.45, 7) is 7.25. The fourth-order valence-corrected chi connectivity index (χ4v) is 1.95. The third-order valence-electron chi connectivity index (χ3n) is 3.01. The zero-order valence-corrected chi connectivity index (χ0v) is 13.8. The van der Waals surface area contributed by atoms with Crippen LogP contribution in [-0.2, 0) is 4.74 Å². The van der Waals surface area contributed by atoms with Gasteiger partial charge in [-0.05, 0) is 38.5 Å². The van der Waals surface area contributed by atoms with E-state index in [0.717, 1.165) is 5.56 Å². The molecule has 0 bridgehead atoms. The summed E-state index contributed by atoms with van der Waals surface area (Å²) < 4.78 is 5.22. The molecule has 7 heteroatoms. The number of carbonyl (C=O) groups excluding carboxylic acids is 1. The van der Waals surface area contributed by atoms with Crippen LogP contribution < -0.4 is 5.43 Å². The van der Waals surface area contributed by atoms with Crippen LogP contribution in [-0.4, -0.2) is 38.0 Å². The Morgan fingerprint density at radius 2 is 2.22 bits per heavy atom. The number of fused-ring (bicyclic) bond motifs is 1. The lowest BCUT2D eigenvalue weighted by molar-refractivity contribution is 0.0610. The summed E-state index contributed by atoms with van der Waals surface area (Å²) in [5, 5.41) is 17.6. The minimum atomic E-state index is -0.614. The van der Waals surface area contributed by atoms with Gasteiger partial charge in [-0.2, -0.15) is 0 Å². The van der Waals surface area contributed by atoms with Gasteiger partial charge in [0, 0.05) is 5.56 Å². The second kappa shape index (κ2) is 6.78. The zero-order valence-electron chi connectivity index (χ0n) is 13.8. The first-order chi connectivity index (χ1) is 10.8. The van der Waals surface area contributed by atoms with Crippen LogP contribution in [0.1, 0.15) is 39.7 Å². The molecule has 2 aromatic rings. The number of hydrogen-bond donors (Lipinski definition) is 2. The molecule has 1 heterocycles. The van der Waals surface area contributed by atoms with Gasteiger partial charge in [-0.15, -0.1) is 9.89 Å². The minimum absolute atomic E-state index is 0.520. The second-order valence-corrected chi connectivity index (χ2v) is 6.16. The lowest BCUT2D eigenvalue weighted by atomic mass is 10.1. The lowest BCUT2D eigenvalue weighted by Crippen LogP contribution is -2.32. The highest BCUT2D eigenvalue weighted by atomic mass is 16.6. The number of rotatable bonds is 4. The van der Waals surface area contributed by atoms with E-state index in [0.29, 0.717) is 17.5 Å². The summed E-state index contributed by atoms with van der Waals surface area (Å²) in [5.41, 5.74) is 4.00. The van der Waals surface area contributed by atoms with Crippen molar-refractivity contribution in [2.45, 2.75) is 45.8 Å². The number of nitrogens with one attached hydrogen (secondary N) is 1. The zero-order chi connectivity index (χ0) is 17.0. The quantitative estimate of drug-likeness (QED) is 0.904. The molecule has 124 valence electrons. The first-order valence-corrected chi connectivity index (χ1v) is 7.51. The molecule has 1 amide bonds. The number of hydrogen-bond acceptors (Lipinski definition) is 5. The maximum atomic E-state index is 11.9. The van der Waals surface area contributed by atoms with Gasteiger partial charge in [-0.1, -0.05) is 31.2 Å². The molecule has 1 aromatic heterocycles. The summed E-state index contributed by atoms with van der Waals surface area (Å²) in [6, 6.07) is 5.49. The molecule has 1 unspecified atom stereocenters. The molecular weight excluding hydrogens is 296 g/mol. The van der Waals surface area contributed by atoms with E-state index in [1.807, 2.05) is 19.1 Å². The third kappa shape index (κ3) is 4.53. The van der Waals surface area contributed by atoms with E-state index in [4.69, 9.17) is 4.74 Å². The van der Waals surface area contributed by atoms with Crippen LogP contribution in [0.5, 0.6) is 0 Å². The van der Waals surface area contributed by atoms with Crippen molar-refractivity contribution < 1.29 is 14.6 Å². The molecular formula is C16H22N4O3. The molecule has 23 heavy (non-hydrogen) atoms. The van der Waals surface area contributed by atoms with Crippen molar-refractivity contribution >= 4 is 23.2 Å². The molecule has 7 nitrogen and oxygen atoms in total. The Hall–Kier alpha value is -2.41. The van der Waals surface area contributed by atoms with Crippen molar-refractivity contribution in [3.8, 4) is 0 Å². The van der Waals surface area contributed by atoms with E-state index in [2.05, 4.69) is 15.7 Å². The summed E-state index contributed by atoms with van der Waals surface area (Å²) in [4.78, 5) is 13.2. The van der Waals surface area contributed by atoms with Gasteiger partial charge in [0.2, 0.25) is 0 Å². The van der Waals surface area contributed by atoms with Gasteiger partial charge >= 0.3 is 6.09 Å². The van der Waals surface area contributed by atoms with Crippen LogP contribution in [0.3, 0.4) is 0 Å². The summed E-state index contributed by atoms with van der Waals surface area (Å²) in [7, 11) is 0. The van der Waals surface area contributed by atoms with Gasteiger partial charge in [-0.3, -0.25) is 0 Å². The molecule has 0 aliphatic rings. The molecule has 2 N–H and O–H groups in total. The Kier molecular flexibility index (Phi) is 5.00. The number of ether oxygens (including phenoxy) is 1. The molecule has 2 rings (SSSR count). The van der Waals surface area contributed by atoms with Crippen molar-refractivity contribution in [3.05, 3.63) is 29.8 Å². The van der Waals surface area contributed by atoms with Crippen LogP contribution in [0.4, 0.5) is 4.79 Å². The monoisotopic (exact) mass is 318 g/mol. The lowest BCUT2D eigenvalue weighted by Gasteiger charge is -2.19. The molecule has 0 radical (unpaired) electrons. The number of aliphatic hydroxyl groups is 1. The van der Waals surface area contributed by atoms with E-state index >= 15 is 0 Å². The van der Waals surface area contributed by atoms with E-state index in [9.17, 15) is 9.90 Å². The Labute approximate surface area is 134 Å². The molecule has 0 aliphatic heterocycles. The van der Waals surface area contributed by atoms with E-state index in [-0.39, 0.29) is 0 Å². The highest BCUT2D eigenvalue weighted by molar-refractivity contribution is 5.87. The standard InChI is InChI=1S/C16H22N4O3/c1-5-12(21)10-9-11-7-6-8-13-14(11)20(19-17-13)18-15(22)23-16(2,3)4/h6-10,12,21H,5H2,1-4H3,(H,18,22)/b10-9-. The van der Waals surface area contributed by atoms with Crippen LogP contribution in [0.2, 0.25) is 0 Å². The summed E-state index contributed by atoms with van der Waals surface area (Å²) >= 11 is 0. The topological polar surface area (TPSA) is 89.3 Å². The average Bonchev–Trinajstić information content (AvgIpc) is 2.86. The van der Waals surface area contributed by atoms with Crippen molar-refractivity contribution in [1.29, 1.82) is 0 Å². The van der Waals surface area contributed by atoms with Gasteiger partial charge in [0.15, 0.2) is 0 Å². The third-order valence-corrected chi connectivity index (χ3v) is 3.01. The molecule has 1 aromatic carbocycles. The summed E-state index contributed by atoms with van der Waals surface area (Å²) in [5.74, 6) is 0. The Morgan fingerprint density at radius 3 is 2.87 bits per heavy atom. The fourth-order valence-electron chi connectivity index (χ4n) is 1.95. The van der Waals surface area contributed by atoms with Gasteiger partial charge in [0.1, 0.15) is 16.6 Å². The minimum Gasteiger partial charge on any atom is -0.443 e. The molecule has 0 saturated heterocycles. The van der Waals surface area contributed by atoms with Crippen molar-refractivity contribution in [1.82, 2.24) is 15.1 Å². The van der Waals surface area contributed by atoms with E-state index < -0.39 is 17.8 Å². The van der Waals surface area contributed by atoms with E-state index in [1.165, 1.54) is 4.79 Å². The number of benzene rings is 1. The molecule has 0 saturated carbocycles. The Balaban J connectivity index is 2.31. The highest BCUT2D eigenvalue weighted by Gasteiger charge is 2.18. The largest absolute Gasteiger partial charge is 0.443 e. The van der Waals surface area contributed by atoms with Crippen molar-refractivity contribution in [3.63, 3.8) is 0 Å². The molecule has 0 fully saturated rings. The van der Waals surface area contributed by atoms with Gasteiger partial charge in [0.25, 0.3) is 0 Å². The highest BCUT2D eigenvalue weighted by Crippen LogP contribution is 2.18. The number of aliphatic hydroxyl groups excluding tert-OH is 1.